The van der Waals surface area contributed by atoms with Crippen molar-refractivity contribution in [3.05, 3.63) is 63.1 Å². The summed E-state index contributed by atoms with van der Waals surface area (Å²) in [7, 11) is 0. The van der Waals surface area contributed by atoms with Crippen molar-refractivity contribution in [2.75, 3.05) is 5.32 Å². The number of anilines is 1. The molecule has 1 N–H and O–H groups in total. The van der Waals surface area contributed by atoms with Crippen LogP contribution in [-0.4, -0.2) is 11.9 Å². The second-order valence-corrected chi connectivity index (χ2v) is 5.29. The highest BCUT2D eigenvalue weighted by molar-refractivity contribution is 9.10. The number of hydrogen-bond acceptors (Lipinski definition) is 3. The molecule has 0 heterocycles. The highest BCUT2D eigenvalue weighted by atomic mass is 79.9. The number of carbonyl (C=O) groups is 2. The first kappa shape index (κ1) is 14.6. The second kappa shape index (κ2) is 6.07. The molecule has 0 bridgehead atoms. The van der Waals surface area contributed by atoms with E-state index in [0.717, 1.165) is 4.47 Å². The molecule has 0 aliphatic heterocycles. The van der Waals surface area contributed by atoms with Gasteiger partial charge in [0.25, 0.3) is 5.91 Å². The lowest BCUT2D eigenvalue weighted by molar-refractivity contribution is -0.254. The monoisotopic (exact) mass is 352 g/mol. The van der Waals surface area contributed by atoms with Gasteiger partial charge < -0.3 is 15.2 Å². The lowest BCUT2D eigenvalue weighted by Crippen LogP contribution is -2.25. The molecule has 0 saturated carbocycles. The van der Waals surface area contributed by atoms with Gasteiger partial charge in [0.05, 0.1) is 11.7 Å². The zero-order valence-corrected chi connectivity index (χ0v) is 12.4. The average Bonchev–Trinajstić information content (AvgIpc) is 2.40. The van der Waals surface area contributed by atoms with Crippen molar-refractivity contribution in [2.45, 2.75) is 0 Å². The summed E-state index contributed by atoms with van der Waals surface area (Å²) in [6.07, 6.45) is 0. The summed E-state index contributed by atoms with van der Waals surface area (Å²) in [5.74, 6) is -1.83. The standard InChI is InChI=1S/C14H9BrClNO3/c15-9-3-1-2-8(6-9)13(18)17-12-5-4-10(16)7-11(12)14(19)20/h1-7H,(H,17,18)(H,19,20)/p-1. The number of benzene rings is 2. The van der Waals surface area contributed by atoms with E-state index in [-0.39, 0.29) is 16.3 Å². The Morgan fingerprint density at radius 1 is 1.15 bits per heavy atom. The Hall–Kier alpha value is -1.85. The molecule has 1 amide bonds. The summed E-state index contributed by atoms with van der Waals surface area (Å²) in [6.45, 7) is 0. The van der Waals surface area contributed by atoms with Gasteiger partial charge in [-0.25, -0.2) is 0 Å². The Morgan fingerprint density at radius 2 is 1.90 bits per heavy atom. The van der Waals surface area contributed by atoms with Crippen LogP contribution >= 0.6 is 27.5 Å². The molecule has 0 aromatic heterocycles. The van der Waals surface area contributed by atoms with Crippen molar-refractivity contribution in [3.63, 3.8) is 0 Å². The molecule has 0 aliphatic carbocycles. The van der Waals surface area contributed by atoms with Crippen molar-refractivity contribution < 1.29 is 14.7 Å². The third kappa shape index (κ3) is 3.37. The Morgan fingerprint density at radius 3 is 2.55 bits per heavy atom. The normalized spacial score (nSPS) is 10.1. The fourth-order valence-corrected chi connectivity index (χ4v) is 2.19. The van der Waals surface area contributed by atoms with Crippen molar-refractivity contribution in [1.29, 1.82) is 0 Å². The molecule has 0 saturated heterocycles. The minimum atomic E-state index is -1.41. The first-order valence-electron chi connectivity index (χ1n) is 5.55. The highest BCUT2D eigenvalue weighted by Crippen LogP contribution is 2.21. The van der Waals surface area contributed by atoms with E-state index in [2.05, 4.69) is 21.2 Å². The van der Waals surface area contributed by atoms with Crippen LogP contribution in [0.1, 0.15) is 20.7 Å². The smallest absolute Gasteiger partial charge is 0.255 e. The van der Waals surface area contributed by atoms with Crippen molar-refractivity contribution in [2.24, 2.45) is 0 Å². The highest BCUT2D eigenvalue weighted by Gasteiger charge is 2.10. The predicted octanol–water partition coefficient (Wildman–Crippen LogP) is 2.72. The molecule has 2 rings (SSSR count). The summed E-state index contributed by atoms with van der Waals surface area (Å²) in [6, 6.07) is 10.9. The minimum absolute atomic E-state index is 0.138. The Labute approximate surface area is 128 Å². The predicted molar refractivity (Wildman–Crippen MR) is 77.9 cm³/mol. The summed E-state index contributed by atoms with van der Waals surface area (Å²) < 4.78 is 0.751. The number of amides is 1. The van der Waals surface area contributed by atoms with Crippen molar-refractivity contribution in [1.82, 2.24) is 0 Å². The average molecular weight is 354 g/mol. The summed E-state index contributed by atoms with van der Waals surface area (Å²) in [4.78, 5) is 23.1. The molecule has 0 atom stereocenters. The van der Waals surface area contributed by atoms with Crippen LogP contribution in [0.25, 0.3) is 0 Å². The minimum Gasteiger partial charge on any atom is -0.545 e. The first-order chi connectivity index (χ1) is 9.47. The number of rotatable bonds is 3. The van der Waals surface area contributed by atoms with Gasteiger partial charge in [-0.3, -0.25) is 4.79 Å². The molecular formula is C14H8BrClNO3-. The number of carboxylic acid groups (broad SMARTS) is 1. The van der Waals surface area contributed by atoms with Crippen LogP contribution in [0.4, 0.5) is 5.69 Å². The van der Waals surface area contributed by atoms with Gasteiger partial charge in [0.15, 0.2) is 0 Å². The van der Waals surface area contributed by atoms with Crippen molar-refractivity contribution >= 4 is 45.1 Å². The van der Waals surface area contributed by atoms with Crippen LogP contribution in [0.3, 0.4) is 0 Å². The van der Waals surface area contributed by atoms with Crippen molar-refractivity contribution in [3.8, 4) is 0 Å². The molecule has 6 heteroatoms. The summed E-state index contributed by atoms with van der Waals surface area (Å²) in [5, 5.41) is 13.8. The van der Waals surface area contributed by atoms with Gasteiger partial charge in [-0.1, -0.05) is 33.6 Å². The van der Waals surface area contributed by atoms with E-state index >= 15 is 0 Å². The van der Waals surface area contributed by atoms with Gasteiger partial charge in [0.1, 0.15) is 0 Å². The summed E-state index contributed by atoms with van der Waals surface area (Å²) in [5.41, 5.74) is 0.374. The van der Waals surface area contributed by atoms with Gasteiger partial charge in [-0.2, -0.15) is 0 Å². The van der Waals surface area contributed by atoms with Gasteiger partial charge in [-0.15, -0.1) is 0 Å². The number of carboxylic acids is 1. The zero-order chi connectivity index (χ0) is 14.7. The Kier molecular flexibility index (Phi) is 4.42. The van der Waals surface area contributed by atoms with Crippen LogP contribution < -0.4 is 10.4 Å². The second-order valence-electron chi connectivity index (χ2n) is 3.94. The van der Waals surface area contributed by atoms with Gasteiger partial charge in [-0.05, 0) is 36.4 Å². The third-order valence-corrected chi connectivity index (χ3v) is 3.26. The van der Waals surface area contributed by atoms with Crippen LogP contribution in [0.2, 0.25) is 5.02 Å². The molecule has 0 spiro atoms. The van der Waals surface area contributed by atoms with Crippen LogP contribution in [0.15, 0.2) is 46.9 Å². The van der Waals surface area contributed by atoms with Gasteiger partial charge >= 0.3 is 0 Å². The molecule has 0 aliphatic rings. The number of carbonyl (C=O) groups excluding carboxylic acids is 2. The fourth-order valence-electron chi connectivity index (χ4n) is 1.62. The van der Waals surface area contributed by atoms with Crippen LogP contribution in [-0.2, 0) is 0 Å². The number of aromatic carboxylic acids is 1. The Balaban J connectivity index is 2.30. The topological polar surface area (TPSA) is 69.2 Å². The lowest BCUT2D eigenvalue weighted by Gasteiger charge is -2.12. The molecule has 0 radical (unpaired) electrons. The lowest BCUT2D eigenvalue weighted by atomic mass is 10.1. The molecule has 0 unspecified atom stereocenters. The maximum Gasteiger partial charge on any atom is 0.255 e. The maximum atomic E-state index is 12.0. The van der Waals surface area contributed by atoms with Crippen LogP contribution in [0, 0.1) is 0 Å². The fraction of sp³-hybridized carbons (Fsp3) is 0. The van der Waals surface area contributed by atoms with E-state index in [4.69, 9.17) is 11.6 Å². The largest absolute Gasteiger partial charge is 0.545 e. The molecular weight excluding hydrogens is 346 g/mol. The van der Waals surface area contributed by atoms with E-state index in [1.54, 1.807) is 24.3 Å². The summed E-state index contributed by atoms with van der Waals surface area (Å²) >= 11 is 8.99. The molecule has 20 heavy (non-hydrogen) atoms. The Bertz CT molecular complexity index is 688. The molecule has 2 aromatic rings. The van der Waals surface area contributed by atoms with Gasteiger partial charge in [0, 0.05) is 20.6 Å². The number of hydrogen-bond donors (Lipinski definition) is 1. The van der Waals surface area contributed by atoms with E-state index in [0.29, 0.717) is 5.56 Å². The zero-order valence-electron chi connectivity index (χ0n) is 10.0. The third-order valence-electron chi connectivity index (χ3n) is 2.54. The maximum absolute atomic E-state index is 12.0. The van der Waals surface area contributed by atoms with E-state index in [9.17, 15) is 14.7 Å². The van der Waals surface area contributed by atoms with E-state index in [1.807, 2.05) is 0 Å². The quantitative estimate of drug-likeness (QED) is 0.922. The molecule has 0 fully saturated rings. The molecule has 2 aromatic carbocycles. The van der Waals surface area contributed by atoms with Gasteiger partial charge in [0.2, 0.25) is 0 Å². The first-order valence-corrected chi connectivity index (χ1v) is 6.72. The van der Waals surface area contributed by atoms with E-state index < -0.39 is 11.9 Å². The number of nitrogens with one attached hydrogen (secondary N) is 1. The molecule has 102 valence electrons. The SMILES string of the molecule is O=C(Nc1ccc(Cl)cc1C(=O)[O-])c1cccc(Br)c1. The number of halogens is 2. The molecule has 4 nitrogen and oxygen atoms in total. The van der Waals surface area contributed by atoms with E-state index in [1.165, 1.54) is 18.2 Å². The van der Waals surface area contributed by atoms with Crippen LogP contribution in [0.5, 0.6) is 0 Å².